The third kappa shape index (κ3) is 4.29. The van der Waals surface area contributed by atoms with Crippen LogP contribution in [0.2, 0.25) is 0 Å². The number of anilines is 1. The van der Waals surface area contributed by atoms with E-state index < -0.39 is 23.4 Å². The highest BCUT2D eigenvalue weighted by molar-refractivity contribution is 6.39. The Morgan fingerprint density at radius 3 is 2.30 bits per heavy atom. The van der Waals surface area contributed by atoms with Crippen LogP contribution < -0.4 is 5.32 Å². The summed E-state index contributed by atoms with van der Waals surface area (Å²) >= 11 is 0. The molecule has 0 spiro atoms. The zero-order valence-corrected chi connectivity index (χ0v) is 11.6. The van der Waals surface area contributed by atoms with Crippen molar-refractivity contribution in [2.24, 2.45) is 0 Å². The van der Waals surface area contributed by atoms with E-state index in [4.69, 9.17) is 0 Å². The van der Waals surface area contributed by atoms with Gasteiger partial charge in [0.15, 0.2) is 0 Å². The molecule has 0 aromatic heterocycles. The van der Waals surface area contributed by atoms with Gasteiger partial charge in [-0.25, -0.2) is 8.78 Å². The van der Waals surface area contributed by atoms with Gasteiger partial charge in [-0.2, -0.15) is 0 Å². The Balaban J connectivity index is 2.78. The first kappa shape index (κ1) is 16.1. The van der Waals surface area contributed by atoms with Gasteiger partial charge in [0.25, 0.3) is 0 Å². The van der Waals surface area contributed by atoms with Crippen LogP contribution in [0, 0.1) is 11.6 Å². The lowest BCUT2D eigenvalue weighted by atomic mass is 10.3. The van der Waals surface area contributed by atoms with E-state index in [1.54, 1.807) is 0 Å². The molecule has 0 aliphatic carbocycles. The summed E-state index contributed by atoms with van der Waals surface area (Å²) in [7, 11) is 0. The summed E-state index contributed by atoms with van der Waals surface area (Å²) in [5.41, 5.74) is -0.337. The van der Waals surface area contributed by atoms with Crippen LogP contribution in [0.15, 0.2) is 18.2 Å². The van der Waals surface area contributed by atoms with Crippen LogP contribution in [0.3, 0.4) is 0 Å². The minimum absolute atomic E-state index is 0.337. The SMILES string of the molecule is CCCN(CCC)C(=O)C(=O)Nc1cc(F)ccc1F. The summed E-state index contributed by atoms with van der Waals surface area (Å²) in [6, 6.07) is 2.67. The zero-order chi connectivity index (χ0) is 15.1. The predicted molar refractivity (Wildman–Crippen MR) is 72.1 cm³/mol. The Kier molecular flexibility index (Phi) is 6.09. The molecule has 20 heavy (non-hydrogen) atoms. The fourth-order valence-electron chi connectivity index (χ4n) is 1.77. The number of rotatable bonds is 5. The molecule has 0 atom stereocenters. The fourth-order valence-corrected chi connectivity index (χ4v) is 1.77. The molecule has 1 aromatic rings. The minimum Gasteiger partial charge on any atom is -0.334 e. The van der Waals surface area contributed by atoms with Crippen LogP contribution in [0.4, 0.5) is 14.5 Å². The second-order valence-electron chi connectivity index (χ2n) is 4.37. The second kappa shape index (κ2) is 7.57. The lowest BCUT2D eigenvalue weighted by molar-refractivity contribution is -0.143. The molecule has 2 amide bonds. The number of nitrogens with one attached hydrogen (secondary N) is 1. The highest BCUT2D eigenvalue weighted by Crippen LogP contribution is 2.15. The number of hydrogen-bond donors (Lipinski definition) is 1. The molecule has 1 rings (SSSR count). The average molecular weight is 284 g/mol. The molecule has 0 unspecified atom stereocenters. The molecular weight excluding hydrogens is 266 g/mol. The van der Waals surface area contributed by atoms with Crippen LogP contribution in [-0.4, -0.2) is 29.8 Å². The number of carbonyl (C=O) groups is 2. The smallest absolute Gasteiger partial charge is 0.313 e. The summed E-state index contributed by atoms with van der Waals surface area (Å²) in [4.78, 5) is 25.1. The standard InChI is InChI=1S/C14H18F2N2O2/c1-3-7-18(8-4-2)14(20)13(19)17-12-9-10(15)5-6-11(12)16/h5-6,9H,3-4,7-8H2,1-2H3,(H,17,19). The van der Waals surface area contributed by atoms with Crippen LogP contribution in [0.1, 0.15) is 26.7 Å². The van der Waals surface area contributed by atoms with E-state index in [9.17, 15) is 18.4 Å². The molecule has 0 fully saturated rings. The van der Waals surface area contributed by atoms with Gasteiger partial charge in [-0.1, -0.05) is 13.8 Å². The summed E-state index contributed by atoms with van der Waals surface area (Å²) < 4.78 is 26.4. The molecule has 110 valence electrons. The average Bonchev–Trinajstić information content (AvgIpc) is 2.41. The Labute approximate surface area is 116 Å². The third-order valence-corrected chi connectivity index (χ3v) is 2.65. The van der Waals surface area contributed by atoms with E-state index >= 15 is 0 Å². The Morgan fingerprint density at radius 1 is 1.15 bits per heavy atom. The molecular formula is C14H18F2N2O2. The molecule has 0 aliphatic heterocycles. The van der Waals surface area contributed by atoms with Crippen LogP contribution >= 0.6 is 0 Å². The number of benzene rings is 1. The molecule has 6 heteroatoms. The second-order valence-corrected chi connectivity index (χ2v) is 4.37. The van der Waals surface area contributed by atoms with Crippen molar-refractivity contribution in [2.45, 2.75) is 26.7 Å². The normalized spacial score (nSPS) is 10.2. The largest absolute Gasteiger partial charge is 0.334 e. The summed E-state index contributed by atoms with van der Waals surface area (Å²) in [5.74, 6) is -3.17. The predicted octanol–water partition coefficient (Wildman–Crippen LogP) is 2.55. The maximum atomic E-state index is 13.4. The number of carbonyl (C=O) groups excluding carboxylic acids is 2. The van der Waals surface area contributed by atoms with E-state index in [0.29, 0.717) is 25.9 Å². The molecule has 0 heterocycles. The molecule has 0 radical (unpaired) electrons. The summed E-state index contributed by atoms with van der Waals surface area (Å²) in [6.07, 6.45) is 1.43. The van der Waals surface area contributed by atoms with Gasteiger partial charge in [-0.15, -0.1) is 0 Å². The molecule has 0 aliphatic rings. The highest BCUT2D eigenvalue weighted by atomic mass is 19.1. The summed E-state index contributed by atoms with van der Waals surface area (Å²) in [5, 5.41) is 2.10. The quantitative estimate of drug-likeness (QED) is 0.845. The van der Waals surface area contributed by atoms with E-state index in [-0.39, 0.29) is 5.69 Å². The molecule has 1 N–H and O–H groups in total. The Hall–Kier alpha value is -1.98. The van der Waals surface area contributed by atoms with Crippen molar-refractivity contribution < 1.29 is 18.4 Å². The first-order chi connectivity index (χ1) is 9.49. The minimum atomic E-state index is -0.962. The van der Waals surface area contributed by atoms with Gasteiger partial charge in [0.2, 0.25) is 0 Å². The topological polar surface area (TPSA) is 49.4 Å². The number of halogens is 2. The Bertz CT molecular complexity index is 486. The molecule has 1 aromatic carbocycles. The van der Waals surface area contributed by atoms with Crippen molar-refractivity contribution in [2.75, 3.05) is 18.4 Å². The lowest BCUT2D eigenvalue weighted by Gasteiger charge is -2.20. The van der Waals surface area contributed by atoms with Crippen molar-refractivity contribution in [3.63, 3.8) is 0 Å². The Morgan fingerprint density at radius 2 is 1.75 bits per heavy atom. The van der Waals surface area contributed by atoms with Crippen molar-refractivity contribution >= 4 is 17.5 Å². The monoisotopic (exact) mass is 284 g/mol. The van der Waals surface area contributed by atoms with Crippen LogP contribution in [-0.2, 0) is 9.59 Å². The first-order valence-electron chi connectivity index (χ1n) is 6.54. The van der Waals surface area contributed by atoms with E-state index in [1.165, 1.54) is 4.90 Å². The molecule has 0 bridgehead atoms. The fraction of sp³-hybridized carbons (Fsp3) is 0.429. The van der Waals surface area contributed by atoms with E-state index in [1.807, 2.05) is 13.8 Å². The maximum absolute atomic E-state index is 13.4. The zero-order valence-electron chi connectivity index (χ0n) is 11.6. The third-order valence-electron chi connectivity index (χ3n) is 2.65. The lowest BCUT2D eigenvalue weighted by Crippen LogP contribution is -2.40. The number of amides is 2. The summed E-state index contributed by atoms with van der Waals surface area (Å²) in [6.45, 7) is 4.68. The van der Waals surface area contributed by atoms with Crippen LogP contribution in [0.25, 0.3) is 0 Å². The van der Waals surface area contributed by atoms with E-state index in [2.05, 4.69) is 5.32 Å². The number of hydrogen-bond acceptors (Lipinski definition) is 2. The maximum Gasteiger partial charge on any atom is 0.313 e. The van der Waals surface area contributed by atoms with Gasteiger partial charge in [-0.3, -0.25) is 9.59 Å². The first-order valence-corrected chi connectivity index (χ1v) is 6.54. The van der Waals surface area contributed by atoms with Crippen molar-refractivity contribution in [3.05, 3.63) is 29.8 Å². The highest BCUT2D eigenvalue weighted by Gasteiger charge is 2.21. The molecule has 0 saturated carbocycles. The van der Waals surface area contributed by atoms with Crippen molar-refractivity contribution in [3.8, 4) is 0 Å². The molecule has 4 nitrogen and oxygen atoms in total. The van der Waals surface area contributed by atoms with Crippen molar-refractivity contribution in [1.82, 2.24) is 4.90 Å². The van der Waals surface area contributed by atoms with Gasteiger partial charge < -0.3 is 10.2 Å². The van der Waals surface area contributed by atoms with Gasteiger partial charge in [-0.05, 0) is 25.0 Å². The van der Waals surface area contributed by atoms with Crippen LogP contribution in [0.5, 0.6) is 0 Å². The van der Waals surface area contributed by atoms with E-state index in [0.717, 1.165) is 18.2 Å². The van der Waals surface area contributed by atoms with Gasteiger partial charge in [0, 0.05) is 19.2 Å². The molecule has 0 saturated heterocycles. The van der Waals surface area contributed by atoms with Crippen molar-refractivity contribution in [1.29, 1.82) is 0 Å². The van der Waals surface area contributed by atoms with Gasteiger partial charge in [0.05, 0.1) is 5.69 Å². The van der Waals surface area contributed by atoms with Gasteiger partial charge in [0.1, 0.15) is 11.6 Å². The van der Waals surface area contributed by atoms with Gasteiger partial charge >= 0.3 is 11.8 Å². The number of nitrogens with zero attached hydrogens (tertiary/aromatic N) is 1.